The first-order valence-corrected chi connectivity index (χ1v) is 5.30. The van der Waals surface area contributed by atoms with Crippen LogP contribution in [0.3, 0.4) is 0 Å². The molecule has 0 aromatic heterocycles. The van der Waals surface area contributed by atoms with Crippen LogP contribution >= 0.6 is 0 Å². The largest absolute Gasteiger partial charge is 0.370 e. The molecule has 3 atom stereocenters. The van der Waals surface area contributed by atoms with E-state index in [2.05, 4.69) is 13.8 Å². The van der Waals surface area contributed by atoms with E-state index in [9.17, 15) is 4.79 Å². The van der Waals surface area contributed by atoms with Crippen molar-refractivity contribution in [3.63, 3.8) is 0 Å². The van der Waals surface area contributed by atoms with Crippen LogP contribution in [0.4, 0.5) is 0 Å². The van der Waals surface area contributed by atoms with Gasteiger partial charge < -0.3 is 5.73 Å². The van der Waals surface area contributed by atoms with Crippen molar-refractivity contribution in [3.8, 4) is 0 Å². The summed E-state index contributed by atoms with van der Waals surface area (Å²) in [5, 5.41) is 0. The number of hydrogen-bond acceptors (Lipinski definition) is 1. The highest BCUT2D eigenvalue weighted by molar-refractivity contribution is 5.74. The van der Waals surface area contributed by atoms with Crippen LogP contribution < -0.4 is 5.73 Å². The molecule has 0 saturated heterocycles. The molecule has 2 fully saturated rings. The van der Waals surface area contributed by atoms with Crippen molar-refractivity contribution >= 4 is 5.91 Å². The normalized spacial score (nSPS) is 40.9. The molecule has 2 saturated carbocycles. The van der Waals surface area contributed by atoms with E-state index in [1.54, 1.807) is 0 Å². The monoisotopic (exact) mass is 181 g/mol. The van der Waals surface area contributed by atoms with Crippen molar-refractivity contribution < 1.29 is 4.79 Å². The molecule has 74 valence electrons. The molecule has 0 unspecified atom stereocenters. The summed E-state index contributed by atoms with van der Waals surface area (Å²) in [5.74, 6) is 2.07. The zero-order valence-electron chi connectivity index (χ0n) is 8.55. The van der Waals surface area contributed by atoms with E-state index < -0.39 is 0 Å². The first kappa shape index (κ1) is 9.04. The number of rotatable bonds is 2. The minimum atomic E-state index is -0.120. The Kier molecular flexibility index (Phi) is 1.90. The molecule has 1 amide bonds. The summed E-state index contributed by atoms with van der Waals surface area (Å²) in [6.07, 6.45) is 4.64. The summed E-state index contributed by atoms with van der Waals surface area (Å²) in [5.41, 5.74) is 5.65. The summed E-state index contributed by atoms with van der Waals surface area (Å²) in [7, 11) is 0. The van der Waals surface area contributed by atoms with Crippen molar-refractivity contribution in [3.05, 3.63) is 0 Å². The number of carbonyl (C=O) groups excluding carboxylic acids is 1. The lowest BCUT2D eigenvalue weighted by atomic mass is 9.67. The molecular formula is C11H19NO. The van der Waals surface area contributed by atoms with E-state index in [-0.39, 0.29) is 5.91 Å². The third kappa shape index (κ3) is 1.27. The second-order valence-corrected chi connectivity index (χ2v) is 5.37. The molecule has 0 radical (unpaired) electrons. The van der Waals surface area contributed by atoms with Gasteiger partial charge in [0.15, 0.2) is 0 Å². The van der Waals surface area contributed by atoms with Gasteiger partial charge in [-0.05, 0) is 42.4 Å². The first-order valence-electron chi connectivity index (χ1n) is 5.30. The zero-order chi connectivity index (χ0) is 9.64. The third-order valence-corrected chi connectivity index (χ3v) is 4.47. The van der Waals surface area contributed by atoms with Gasteiger partial charge in [0.1, 0.15) is 0 Å². The van der Waals surface area contributed by atoms with Gasteiger partial charge in [-0.1, -0.05) is 13.8 Å². The van der Waals surface area contributed by atoms with Gasteiger partial charge in [-0.3, -0.25) is 4.79 Å². The standard InChI is InChI=1S/C11H19NO/c1-11(2)8-4-3-7(5-8)9(11)6-10(12)13/h7-9H,3-6H2,1-2H3,(H2,12,13)/t7-,8+,9+/m1/s1. The molecule has 13 heavy (non-hydrogen) atoms. The highest BCUT2D eigenvalue weighted by atomic mass is 16.1. The third-order valence-electron chi connectivity index (χ3n) is 4.47. The van der Waals surface area contributed by atoms with E-state index in [0.29, 0.717) is 17.8 Å². The molecule has 0 heterocycles. The lowest BCUT2D eigenvalue weighted by Crippen LogP contribution is -2.33. The molecule has 0 aromatic carbocycles. The molecule has 2 N–H and O–H groups in total. The summed E-state index contributed by atoms with van der Waals surface area (Å²) >= 11 is 0. The molecular weight excluding hydrogens is 162 g/mol. The van der Waals surface area contributed by atoms with Crippen LogP contribution in [0.2, 0.25) is 0 Å². The van der Waals surface area contributed by atoms with Crippen LogP contribution in [0.1, 0.15) is 39.5 Å². The second-order valence-electron chi connectivity index (χ2n) is 5.37. The number of fused-ring (bicyclic) bond motifs is 2. The van der Waals surface area contributed by atoms with Gasteiger partial charge in [0.2, 0.25) is 5.91 Å². The quantitative estimate of drug-likeness (QED) is 0.695. The fraction of sp³-hybridized carbons (Fsp3) is 0.909. The van der Waals surface area contributed by atoms with Crippen molar-refractivity contribution in [2.45, 2.75) is 39.5 Å². The Hall–Kier alpha value is -0.530. The summed E-state index contributed by atoms with van der Waals surface area (Å²) < 4.78 is 0. The molecule has 0 aliphatic heterocycles. The lowest BCUT2D eigenvalue weighted by molar-refractivity contribution is -0.120. The van der Waals surface area contributed by atoms with Gasteiger partial charge >= 0.3 is 0 Å². The van der Waals surface area contributed by atoms with Gasteiger partial charge in [-0.15, -0.1) is 0 Å². The predicted octanol–water partition coefficient (Wildman–Crippen LogP) is 1.93. The predicted molar refractivity (Wildman–Crippen MR) is 51.9 cm³/mol. The van der Waals surface area contributed by atoms with Gasteiger partial charge in [0.25, 0.3) is 0 Å². The van der Waals surface area contributed by atoms with Gasteiger partial charge in [-0.25, -0.2) is 0 Å². The topological polar surface area (TPSA) is 43.1 Å². The molecule has 2 heteroatoms. The molecule has 0 aromatic rings. The highest BCUT2D eigenvalue weighted by Gasteiger charge is 2.52. The average Bonchev–Trinajstić information content (AvgIpc) is 2.53. The van der Waals surface area contributed by atoms with E-state index in [1.807, 2.05) is 0 Å². The Morgan fingerprint density at radius 1 is 1.46 bits per heavy atom. The Balaban J connectivity index is 2.14. The number of carbonyl (C=O) groups is 1. The molecule has 2 rings (SSSR count). The average molecular weight is 181 g/mol. The minimum absolute atomic E-state index is 0.120. The van der Waals surface area contributed by atoms with E-state index in [0.717, 1.165) is 11.8 Å². The number of nitrogens with two attached hydrogens (primary N) is 1. The van der Waals surface area contributed by atoms with Crippen molar-refractivity contribution in [2.24, 2.45) is 28.9 Å². The van der Waals surface area contributed by atoms with Crippen LogP contribution in [0.5, 0.6) is 0 Å². The van der Waals surface area contributed by atoms with E-state index in [4.69, 9.17) is 5.73 Å². The fourth-order valence-corrected chi connectivity index (χ4v) is 3.61. The van der Waals surface area contributed by atoms with E-state index in [1.165, 1.54) is 19.3 Å². The van der Waals surface area contributed by atoms with Crippen LogP contribution in [-0.4, -0.2) is 5.91 Å². The van der Waals surface area contributed by atoms with Crippen molar-refractivity contribution in [2.75, 3.05) is 0 Å². The van der Waals surface area contributed by atoms with Crippen molar-refractivity contribution in [1.82, 2.24) is 0 Å². The Bertz CT molecular complexity index is 234. The Morgan fingerprint density at radius 2 is 2.15 bits per heavy atom. The fourth-order valence-electron chi connectivity index (χ4n) is 3.61. The molecule has 2 nitrogen and oxygen atoms in total. The maximum absolute atomic E-state index is 10.9. The number of hydrogen-bond donors (Lipinski definition) is 1. The van der Waals surface area contributed by atoms with Gasteiger partial charge in [-0.2, -0.15) is 0 Å². The maximum atomic E-state index is 10.9. The minimum Gasteiger partial charge on any atom is -0.370 e. The van der Waals surface area contributed by atoms with E-state index >= 15 is 0 Å². The van der Waals surface area contributed by atoms with Gasteiger partial charge in [0.05, 0.1) is 0 Å². The summed E-state index contributed by atoms with van der Waals surface area (Å²) in [6.45, 7) is 4.62. The zero-order valence-corrected chi connectivity index (χ0v) is 8.55. The maximum Gasteiger partial charge on any atom is 0.217 e. The van der Waals surface area contributed by atoms with Gasteiger partial charge in [0, 0.05) is 6.42 Å². The SMILES string of the molecule is CC1(C)[C@H]2CC[C@H](C2)[C@@H]1CC(N)=O. The van der Waals surface area contributed by atoms with Crippen LogP contribution in [0.15, 0.2) is 0 Å². The molecule has 0 spiro atoms. The van der Waals surface area contributed by atoms with Crippen LogP contribution in [0.25, 0.3) is 0 Å². The molecule has 2 aliphatic rings. The smallest absolute Gasteiger partial charge is 0.217 e. The lowest BCUT2D eigenvalue weighted by Gasteiger charge is -2.37. The number of amides is 1. The Morgan fingerprint density at radius 3 is 2.62 bits per heavy atom. The highest BCUT2D eigenvalue weighted by Crippen LogP contribution is 2.60. The summed E-state index contributed by atoms with van der Waals surface area (Å²) in [6, 6.07) is 0. The number of primary amides is 1. The molecule has 2 aliphatic carbocycles. The van der Waals surface area contributed by atoms with Crippen molar-refractivity contribution in [1.29, 1.82) is 0 Å². The Labute approximate surface area is 79.9 Å². The second kappa shape index (κ2) is 2.73. The molecule has 2 bridgehead atoms. The summed E-state index contributed by atoms with van der Waals surface area (Å²) in [4.78, 5) is 10.9. The van der Waals surface area contributed by atoms with Crippen LogP contribution in [0, 0.1) is 23.2 Å². The van der Waals surface area contributed by atoms with Crippen LogP contribution in [-0.2, 0) is 4.79 Å². The first-order chi connectivity index (χ1) is 6.01.